The van der Waals surface area contributed by atoms with E-state index in [1.807, 2.05) is 16.7 Å². The van der Waals surface area contributed by atoms with E-state index >= 15 is 0 Å². The summed E-state index contributed by atoms with van der Waals surface area (Å²) >= 11 is 0. The molecule has 0 radical (unpaired) electrons. The van der Waals surface area contributed by atoms with Crippen molar-refractivity contribution in [1.29, 1.82) is 0 Å². The van der Waals surface area contributed by atoms with E-state index in [-0.39, 0.29) is 12.0 Å². The summed E-state index contributed by atoms with van der Waals surface area (Å²) in [5, 5.41) is 15.4. The minimum absolute atomic E-state index is 0.243. The molecule has 1 aliphatic rings. The Morgan fingerprint density at radius 3 is 2.46 bits per heavy atom. The van der Waals surface area contributed by atoms with Crippen molar-refractivity contribution in [3.63, 3.8) is 0 Å². The first-order valence-electron chi connectivity index (χ1n) is 12.7. The first-order valence-corrected chi connectivity index (χ1v) is 12.7. The molecule has 180 valence electrons. The number of allylic oxidation sites excluding steroid dienone is 1. The topological polar surface area (TPSA) is 89.6 Å². The molecule has 5 N–H and O–H groups in total. The normalized spacial score (nSPS) is 14.9. The van der Waals surface area contributed by atoms with Crippen LogP contribution in [0.2, 0.25) is 0 Å². The van der Waals surface area contributed by atoms with Crippen molar-refractivity contribution in [3.05, 3.63) is 83.6 Å². The van der Waals surface area contributed by atoms with Gasteiger partial charge in [0.2, 0.25) is 5.88 Å². The van der Waals surface area contributed by atoms with Crippen LogP contribution < -0.4 is 11.5 Å². The molecule has 0 aliphatic heterocycles. The third-order valence-electron chi connectivity index (χ3n) is 7.06. The Kier molecular flexibility index (Phi) is 6.98. The van der Waals surface area contributed by atoms with E-state index in [1.54, 1.807) is 0 Å². The lowest BCUT2D eigenvalue weighted by Gasteiger charge is -2.19. The zero-order valence-electron chi connectivity index (χ0n) is 20.2. The van der Waals surface area contributed by atoms with Crippen LogP contribution in [-0.2, 0) is 6.54 Å². The first kappa shape index (κ1) is 23.3. The monoisotopic (exact) mass is 466 g/mol. The number of rotatable bonds is 10. The Morgan fingerprint density at radius 1 is 0.829 bits per heavy atom. The quantitative estimate of drug-likeness (QED) is 0.241. The second-order valence-corrected chi connectivity index (χ2v) is 9.39. The largest absolute Gasteiger partial charge is 0.494 e. The molecular formula is C30H34N4O. The van der Waals surface area contributed by atoms with Gasteiger partial charge >= 0.3 is 0 Å². The van der Waals surface area contributed by atoms with Crippen LogP contribution in [-0.4, -0.2) is 21.9 Å². The van der Waals surface area contributed by atoms with Gasteiger partial charge in [0.15, 0.2) is 0 Å². The summed E-state index contributed by atoms with van der Waals surface area (Å²) < 4.78 is 1.89. The maximum atomic E-state index is 11.1. The molecule has 1 aromatic heterocycles. The number of aliphatic imine (C=N–C) groups is 1. The zero-order chi connectivity index (χ0) is 24.2. The lowest BCUT2D eigenvalue weighted by molar-refractivity contribution is 0.368. The third-order valence-corrected chi connectivity index (χ3v) is 7.06. The number of fused-ring (bicyclic) bond motifs is 1. The molecule has 4 aromatic rings. The molecule has 0 saturated carbocycles. The van der Waals surface area contributed by atoms with Crippen LogP contribution >= 0.6 is 0 Å². The standard InChI is InChI=1S/C30H34N4O/c31-19-7-3-1-2-4-16-28(32)34-27-18-17-26(24-14-9-15-25(29(24)27)30(34)35)33-20-22-12-8-11-21-10-5-6-13-23(21)22/h5-6,8-15,17-18,28,35H,1-4,7,16,19-20,31-32H2. The molecule has 1 atom stereocenters. The summed E-state index contributed by atoms with van der Waals surface area (Å²) in [6.45, 7) is 1.36. The van der Waals surface area contributed by atoms with Gasteiger partial charge in [-0.2, -0.15) is 0 Å². The summed E-state index contributed by atoms with van der Waals surface area (Å²) in [6, 6.07) is 20.8. The van der Waals surface area contributed by atoms with E-state index in [1.165, 1.54) is 29.2 Å². The molecule has 0 amide bonds. The van der Waals surface area contributed by atoms with Gasteiger partial charge in [-0.25, -0.2) is 0 Å². The number of benzene rings is 3. The second-order valence-electron chi connectivity index (χ2n) is 9.39. The van der Waals surface area contributed by atoms with Gasteiger partial charge in [-0.3, -0.25) is 9.56 Å². The molecular weight excluding hydrogens is 432 g/mol. The molecule has 5 rings (SSSR count). The molecule has 3 aromatic carbocycles. The van der Waals surface area contributed by atoms with Gasteiger partial charge in [-0.05, 0) is 53.9 Å². The van der Waals surface area contributed by atoms with Gasteiger partial charge in [0.1, 0.15) is 0 Å². The van der Waals surface area contributed by atoms with E-state index in [0.717, 1.165) is 60.0 Å². The third kappa shape index (κ3) is 4.62. The molecule has 0 spiro atoms. The van der Waals surface area contributed by atoms with Crippen LogP contribution in [0.25, 0.3) is 27.6 Å². The summed E-state index contributed by atoms with van der Waals surface area (Å²) in [5.74, 6) is 0.243. The molecule has 5 heteroatoms. The maximum Gasteiger partial charge on any atom is 0.200 e. The predicted molar refractivity (Wildman–Crippen MR) is 147 cm³/mol. The number of hydrogen-bond donors (Lipinski definition) is 3. The maximum absolute atomic E-state index is 11.1. The summed E-state index contributed by atoms with van der Waals surface area (Å²) in [5.41, 5.74) is 16.3. The van der Waals surface area contributed by atoms with Crippen molar-refractivity contribution in [1.82, 2.24) is 4.57 Å². The van der Waals surface area contributed by atoms with Crippen molar-refractivity contribution in [2.24, 2.45) is 16.5 Å². The van der Waals surface area contributed by atoms with Crippen molar-refractivity contribution in [2.45, 2.75) is 51.2 Å². The van der Waals surface area contributed by atoms with Crippen molar-refractivity contribution >= 4 is 33.3 Å². The van der Waals surface area contributed by atoms with Crippen LogP contribution in [0.1, 0.15) is 61.5 Å². The van der Waals surface area contributed by atoms with Crippen molar-refractivity contribution in [2.75, 3.05) is 6.54 Å². The van der Waals surface area contributed by atoms with E-state index in [0.29, 0.717) is 6.54 Å². The number of aromatic hydroxyl groups is 1. The van der Waals surface area contributed by atoms with Crippen molar-refractivity contribution in [3.8, 4) is 5.88 Å². The lowest BCUT2D eigenvalue weighted by Crippen LogP contribution is -2.20. The molecule has 1 unspecified atom stereocenters. The van der Waals surface area contributed by atoms with Gasteiger partial charge in [0.05, 0.1) is 24.1 Å². The molecule has 35 heavy (non-hydrogen) atoms. The number of nitrogens with two attached hydrogens (primary N) is 2. The molecule has 0 fully saturated rings. The molecule has 0 saturated heterocycles. The highest BCUT2D eigenvalue weighted by Crippen LogP contribution is 2.39. The second kappa shape index (κ2) is 10.5. The highest BCUT2D eigenvalue weighted by atomic mass is 16.3. The highest BCUT2D eigenvalue weighted by Gasteiger charge is 2.24. The summed E-state index contributed by atoms with van der Waals surface area (Å²) in [4.78, 5) is 5.00. The van der Waals surface area contributed by atoms with E-state index in [9.17, 15) is 5.11 Å². The Labute approximate surface area is 206 Å². The van der Waals surface area contributed by atoms with Crippen LogP contribution in [0.3, 0.4) is 0 Å². The average Bonchev–Trinajstić information content (AvgIpc) is 3.18. The van der Waals surface area contributed by atoms with Crippen LogP contribution in [0.5, 0.6) is 5.88 Å². The van der Waals surface area contributed by atoms with E-state index in [2.05, 4.69) is 60.7 Å². The van der Waals surface area contributed by atoms with Gasteiger partial charge < -0.3 is 16.6 Å². The molecule has 1 aliphatic carbocycles. The number of hydrogen-bond acceptors (Lipinski definition) is 4. The number of aromatic nitrogens is 1. The van der Waals surface area contributed by atoms with Crippen LogP contribution in [0.4, 0.5) is 0 Å². The summed E-state index contributed by atoms with van der Waals surface area (Å²) in [7, 11) is 0. The smallest absolute Gasteiger partial charge is 0.200 e. The average molecular weight is 467 g/mol. The Balaban J connectivity index is 1.41. The Morgan fingerprint density at radius 2 is 1.57 bits per heavy atom. The van der Waals surface area contributed by atoms with Gasteiger partial charge in [-0.15, -0.1) is 0 Å². The number of unbranched alkanes of at least 4 members (excludes halogenated alkanes) is 4. The van der Waals surface area contributed by atoms with Crippen molar-refractivity contribution < 1.29 is 5.11 Å². The molecule has 5 nitrogen and oxygen atoms in total. The Hall–Kier alpha value is -3.41. The van der Waals surface area contributed by atoms with E-state index in [4.69, 9.17) is 16.5 Å². The fraction of sp³-hybridized carbons (Fsp3) is 0.300. The van der Waals surface area contributed by atoms with Gasteiger partial charge in [0.25, 0.3) is 0 Å². The highest BCUT2D eigenvalue weighted by molar-refractivity contribution is 6.23. The van der Waals surface area contributed by atoms with Gasteiger partial charge in [-0.1, -0.05) is 80.3 Å². The minimum Gasteiger partial charge on any atom is -0.494 e. The molecule has 1 heterocycles. The van der Waals surface area contributed by atoms with Gasteiger partial charge in [0, 0.05) is 16.3 Å². The van der Waals surface area contributed by atoms with E-state index < -0.39 is 0 Å². The zero-order valence-corrected chi connectivity index (χ0v) is 20.2. The number of nitrogens with zero attached hydrogens (tertiary/aromatic N) is 2. The van der Waals surface area contributed by atoms with Crippen LogP contribution in [0, 0.1) is 0 Å². The van der Waals surface area contributed by atoms with Crippen LogP contribution in [0.15, 0.2) is 71.7 Å². The predicted octanol–water partition coefficient (Wildman–Crippen LogP) is 6.27. The minimum atomic E-state index is -0.265. The SMILES string of the molecule is NCCCCCCCC(N)n1c(O)c2cccc3c2c1C=CC3=NCc1cccc2ccccc12. The fourth-order valence-corrected chi connectivity index (χ4v) is 5.24. The first-order chi connectivity index (χ1) is 17.2. The molecule has 0 bridgehead atoms. The Bertz CT molecular complexity index is 1390. The lowest BCUT2D eigenvalue weighted by atomic mass is 9.97. The fourth-order valence-electron chi connectivity index (χ4n) is 5.24. The summed E-state index contributed by atoms with van der Waals surface area (Å²) in [6.07, 6.45) is 10.3.